The highest BCUT2D eigenvalue weighted by Gasteiger charge is 2.28. The number of nitrogens with zero attached hydrogens (tertiary/aromatic N) is 2. The first-order valence-corrected chi connectivity index (χ1v) is 9.93. The number of hydrogen-bond donors (Lipinski definition) is 0. The highest BCUT2D eigenvalue weighted by Crippen LogP contribution is 2.31. The summed E-state index contributed by atoms with van der Waals surface area (Å²) in [5.74, 6) is 2.58. The number of furan rings is 1. The molecule has 1 amide bonds. The van der Waals surface area contributed by atoms with Crippen LogP contribution in [0, 0.1) is 0 Å². The van der Waals surface area contributed by atoms with Crippen LogP contribution in [-0.2, 0) is 6.61 Å². The van der Waals surface area contributed by atoms with Crippen LogP contribution in [0.5, 0.6) is 17.2 Å². The molecular formula is C23H26N2O5. The average molecular weight is 410 g/mol. The molecule has 1 fully saturated rings. The largest absolute Gasteiger partial charge is 0.497 e. The minimum atomic E-state index is -0.0385. The molecule has 2 heterocycles. The first kappa shape index (κ1) is 20.1. The lowest BCUT2D eigenvalue weighted by Gasteiger charge is -2.32. The fraction of sp³-hybridized carbons (Fsp3) is 0.348. The van der Waals surface area contributed by atoms with Crippen LogP contribution in [0.2, 0.25) is 0 Å². The smallest absolute Gasteiger partial charge is 0.258 e. The van der Waals surface area contributed by atoms with Crippen molar-refractivity contribution >= 4 is 16.9 Å². The number of methoxy groups -OCH3 is 2. The number of ether oxygens (including phenoxy) is 3. The zero-order valence-electron chi connectivity index (χ0n) is 17.5. The zero-order valence-corrected chi connectivity index (χ0v) is 17.5. The molecule has 0 saturated carbocycles. The summed E-state index contributed by atoms with van der Waals surface area (Å²) >= 11 is 0. The van der Waals surface area contributed by atoms with Crippen LogP contribution in [0.15, 0.2) is 46.9 Å². The van der Waals surface area contributed by atoms with Gasteiger partial charge in [-0.15, -0.1) is 0 Å². The number of likely N-dealkylation sites (N-methyl/N-ethyl adjacent to an activating group) is 1. The first-order valence-electron chi connectivity index (χ1n) is 9.93. The molecule has 0 radical (unpaired) electrons. The van der Waals surface area contributed by atoms with E-state index in [1.54, 1.807) is 14.2 Å². The van der Waals surface area contributed by atoms with Gasteiger partial charge in [-0.1, -0.05) is 0 Å². The molecule has 0 N–H and O–H groups in total. The summed E-state index contributed by atoms with van der Waals surface area (Å²) in [7, 11) is 5.29. The molecule has 30 heavy (non-hydrogen) atoms. The van der Waals surface area contributed by atoms with Gasteiger partial charge in [-0.3, -0.25) is 4.79 Å². The molecule has 7 heteroatoms. The van der Waals surface area contributed by atoms with Gasteiger partial charge < -0.3 is 28.4 Å². The number of amides is 1. The average Bonchev–Trinajstić information content (AvgIpc) is 3.15. The van der Waals surface area contributed by atoms with Crippen molar-refractivity contribution in [1.82, 2.24) is 9.80 Å². The van der Waals surface area contributed by atoms with E-state index in [4.69, 9.17) is 18.6 Å². The Bertz CT molecular complexity index is 1020. The monoisotopic (exact) mass is 410 g/mol. The van der Waals surface area contributed by atoms with Gasteiger partial charge in [0.15, 0.2) is 5.76 Å². The van der Waals surface area contributed by atoms with Crippen LogP contribution < -0.4 is 14.2 Å². The minimum absolute atomic E-state index is 0.0385. The van der Waals surface area contributed by atoms with Gasteiger partial charge in [-0.2, -0.15) is 0 Å². The number of hydrogen-bond acceptors (Lipinski definition) is 6. The summed E-state index contributed by atoms with van der Waals surface area (Å²) in [6, 6.07) is 12.8. The van der Waals surface area contributed by atoms with Gasteiger partial charge in [0.2, 0.25) is 0 Å². The molecule has 2 aromatic carbocycles. The van der Waals surface area contributed by atoms with Crippen LogP contribution in [0.25, 0.3) is 11.0 Å². The fourth-order valence-corrected chi connectivity index (χ4v) is 3.58. The van der Waals surface area contributed by atoms with E-state index in [0.717, 1.165) is 24.2 Å². The van der Waals surface area contributed by atoms with Crippen molar-refractivity contribution in [3.8, 4) is 17.2 Å². The Morgan fingerprint density at radius 2 is 1.57 bits per heavy atom. The molecule has 158 valence electrons. The Morgan fingerprint density at radius 1 is 0.933 bits per heavy atom. The van der Waals surface area contributed by atoms with Crippen LogP contribution in [0.3, 0.4) is 0 Å². The second kappa shape index (κ2) is 8.67. The van der Waals surface area contributed by atoms with Crippen molar-refractivity contribution in [2.75, 3.05) is 47.4 Å². The van der Waals surface area contributed by atoms with Gasteiger partial charge in [0.1, 0.15) is 29.4 Å². The van der Waals surface area contributed by atoms with Crippen molar-refractivity contribution in [2.24, 2.45) is 0 Å². The Hall–Kier alpha value is -3.19. The second-order valence-corrected chi connectivity index (χ2v) is 7.32. The summed E-state index contributed by atoms with van der Waals surface area (Å²) < 4.78 is 22.5. The third-order valence-electron chi connectivity index (χ3n) is 5.40. The predicted octanol–water partition coefficient (Wildman–Crippen LogP) is 3.42. The van der Waals surface area contributed by atoms with E-state index in [9.17, 15) is 4.79 Å². The molecule has 1 saturated heterocycles. The molecule has 1 aromatic heterocycles. The Balaban J connectivity index is 1.65. The first-order chi connectivity index (χ1) is 14.6. The van der Waals surface area contributed by atoms with E-state index >= 15 is 0 Å². The van der Waals surface area contributed by atoms with Crippen LogP contribution >= 0.6 is 0 Å². The molecule has 0 unspecified atom stereocenters. The van der Waals surface area contributed by atoms with E-state index in [1.807, 2.05) is 47.4 Å². The second-order valence-electron chi connectivity index (χ2n) is 7.32. The predicted molar refractivity (Wildman–Crippen MR) is 113 cm³/mol. The van der Waals surface area contributed by atoms with Crippen LogP contribution in [0.4, 0.5) is 0 Å². The molecule has 0 bridgehead atoms. The highest BCUT2D eigenvalue weighted by molar-refractivity contribution is 6.07. The van der Waals surface area contributed by atoms with Crippen molar-refractivity contribution in [2.45, 2.75) is 6.61 Å². The molecule has 1 aliphatic heterocycles. The highest BCUT2D eigenvalue weighted by atomic mass is 16.5. The molecule has 4 rings (SSSR count). The van der Waals surface area contributed by atoms with Crippen LogP contribution in [0.1, 0.15) is 16.1 Å². The molecule has 3 aromatic rings. The summed E-state index contributed by atoms with van der Waals surface area (Å²) in [4.78, 5) is 17.5. The Morgan fingerprint density at radius 3 is 2.23 bits per heavy atom. The minimum Gasteiger partial charge on any atom is -0.497 e. The van der Waals surface area contributed by atoms with Crippen molar-refractivity contribution < 1.29 is 23.4 Å². The SMILES string of the molecule is COc1ccc(OCc2oc3ccc(OC)cc3c2C(=O)N2CCN(C)CC2)cc1. The molecule has 7 nitrogen and oxygen atoms in total. The van der Waals surface area contributed by atoms with Crippen molar-refractivity contribution in [3.63, 3.8) is 0 Å². The lowest BCUT2D eigenvalue weighted by molar-refractivity contribution is 0.0661. The van der Waals surface area contributed by atoms with Gasteiger partial charge in [-0.25, -0.2) is 0 Å². The number of fused-ring (bicyclic) bond motifs is 1. The third-order valence-corrected chi connectivity index (χ3v) is 5.40. The van der Waals surface area contributed by atoms with Crippen molar-refractivity contribution in [3.05, 3.63) is 53.8 Å². The Kier molecular flexibility index (Phi) is 5.81. The summed E-state index contributed by atoms with van der Waals surface area (Å²) in [6.45, 7) is 3.22. The maximum absolute atomic E-state index is 13.4. The molecule has 1 aliphatic rings. The van der Waals surface area contributed by atoms with Gasteiger partial charge >= 0.3 is 0 Å². The van der Waals surface area contributed by atoms with E-state index in [-0.39, 0.29) is 12.5 Å². The molecule has 0 aliphatic carbocycles. The van der Waals surface area contributed by atoms with Crippen molar-refractivity contribution in [1.29, 1.82) is 0 Å². The van der Waals surface area contributed by atoms with Gasteiger partial charge in [0, 0.05) is 31.6 Å². The maximum atomic E-state index is 13.4. The fourth-order valence-electron chi connectivity index (χ4n) is 3.58. The standard InChI is InChI=1S/C23H26N2O5/c1-24-10-12-25(13-11-24)23(26)22-19-14-18(28-3)8-9-20(19)30-21(22)15-29-17-6-4-16(27-2)5-7-17/h4-9,14H,10-13,15H2,1-3H3. The molecule has 0 atom stereocenters. The van der Waals surface area contributed by atoms with E-state index < -0.39 is 0 Å². The Labute approximate surface area is 175 Å². The van der Waals surface area contributed by atoms with Gasteiger partial charge in [0.25, 0.3) is 5.91 Å². The molecular weight excluding hydrogens is 384 g/mol. The number of carbonyl (C=O) groups excluding carboxylic acids is 1. The number of carbonyl (C=O) groups is 1. The number of benzene rings is 2. The third kappa shape index (κ3) is 4.07. The lowest BCUT2D eigenvalue weighted by Crippen LogP contribution is -2.47. The summed E-state index contributed by atoms with van der Waals surface area (Å²) in [5.41, 5.74) is 1.18. The van der Waals surface area contributed by atoms with E-state index in [1.165, 1.54) is 0 Å². The quantitative estimate of drug-likeness (QED) is 0.621. The summed E-state index contributed by atoms with van der Waals surface area (Å²) in [5, 5.41) is 0.742. The zero-order chi connectivity index (χ0) is 21.1. The number of piperazine rings is 1. The topological polar surface area (TPSA) is 64.4 Å². The number of rotatable bonds is 6. The normalized spacial score (nSPS) is 14.7. The van der Waals surface area contributed by atoms with Crippen LogP contribution in [-0.4, -0.2) is 63.2 Å². The maximum Gasteiger partial charge on any atom is 0.258 e. The van der Waals surface area contributed by atoms with E-state index in [2.05, 4.69) is 11.9 Å². The van der Waals surface area contributed by atoms with Gasteiger partial charge in [-0.05, 0) is 49.5 Å². The lowest BCUT2D eigenvalue weighted by atomic mass is 10.1. The molecule has 0 spiro atoms. The summed E-state index contributed by atoms with van der Waals surface area (Å²) in [6.07, 6.45) is 0. The van der Waals surface area contributed by atoms with E-state index in [0.29, 0.717) is 41.5 Å². The van der Waals surface area contributed by atoms with Gasteiger partial charge in [0.05, 0.1) is 19.8 Å².